The van der Waals surface area contributed by atoms with Crippen LogP contribution in [-0.4, -0.2) is 37.1 Å². The van der Waals surface area contributed by atoms with Crippen LogP contribution in [0.4, 0.5) is 0 Å². The first-order valence-corrected chi connectivity index (χ1v) is 7.64. The molecule has 1 aromatic carbocycles. The summed E-state index contributed by atoms with van der Waals surface area (Å²) in [6.45, 7) is 7.13. The van der Waals surface area contributed by atoms with Gasteiger partial charge in [-0.1, -0.05) is 13.0 Å². The van der Waals surface area contributed by atoms with E-state index in [2.05, 4.69) is 26.0 Å². The summed E-state index contributed by atoms with van der Waals surface area (Å²) >= 11 is 0. The number of benzene rings is 1. The van der Waals surface area contributed by atoms with E-state index in [1.165, 1.54) is 30.4 Å². The Balaban J connectivity index is 1.81. The Hall–Kier alpha value is -1.35. The SMILES string of the molecule is CCC1(c2ccc(C(=O)N3CCOCC3)cc2C)CC1. The van der Waals surface area contributed by atoms with Crippen LogP contribution in [0.25, 0.3) is 0 Å². The first-order chi connectivity index (χ1) is 9.66. The fourth-order valence-electron chi connectivity index (χ4n) is 3.30. The highest BCUT2D eigenvalue weighted by molar-refractivity contribution is 5.94. The minimum atomic E-state index is 0.143. The number of hydrogen-bond donors (Lipinski definition) is 0. The maximum Gasteiger partial charge on any atom is 0.254 e. The fourth-order valence-corrected chi connectivity index (χ4v) is 3.30. The normalized spacial score (nSPS) is 20.8. The third-order valence-corrected chi connectivity index (χ3v) is 4.87. The Morgan fingerprint density at radius 2 is 2.00 bits per heavy atom. The molecule has 2 aliphatic rings. The lowest BCUT2D eigenvalue weighted by molar-refractivity contribution is 0.0303. The third-order valence-electron chi connectivity index (χ3n) is 4.87. The van der Waals surface area contributed by atoms with Gasteiger partial charge in [-0.3, -0.25) is 4.79 Å². The van der Waals surface area contributed by atoms with Gasteiger partial charge in [0.25, 0.3) is 5.91 Å². The Labute approximate surface area is 120 Å². The van der Waals surface area contributed by atoms with Gasteiger partial charge in [-0.05, 0) is 54.9 Å². The van der Waals surface area contributed by atoms with Crippen LogP contribution in [0.3, 0.4) is 0 Å². The Kier molecular flexibility index (Phi) is 3.55. The van der Waals surface area contributed by atoms with Gasteiger partial charge >= 0.3 is 0 Å². The van der Waals surface area contributed by atoms with E-state index < -0.39 is 0 Å². The van der Waals surface area contributed by atoms with Crippen molar-refractivity contribution in [3.05, 3.63) is 34.9 Å². The lowest BCUT2D eigenvalue weighted by Crippen LogP contribution is -2.40. The minimum absolute atomic E-state index is 0.143. The van der Waals surface area contributed by atoms with Gasteiger partial charge in [0.15, 0.2) is 0 Å². The van der Waals surface area contributed by atoms with Crippen LogP contribution in [0, 0.1) is 6.92 Å². The molecule has 3 heteroatoms. The Morgan fingerprint density at radius 1 is 1.30 bits per heavy atom. The zero-order valence-corrected chi connectivity index (χ0v) is 12.4. The molecule has 0 radical (unpaired) electrons. The molecule has 1 aromatic rings. The molecule has 20 heavy (non-hydrogen) atoms. The third kappa shape index (κ3) is 2.35. The highest BCUT2D eigenvalue weighted by atomic mass is 16.5. The van der Waals surface area contributed by atoms with Crippen LogP contribution < -0.4 is 0 Å². The number of ether oxygens (including phenoxy) is 1. The van der Waals surface area contributed by atoms with Gasteiger partial charge in [0.05, 0.1) is 13.2 Å². The molecule has 1 amide bonds. The number of nitrogens with zero attached hydrogens (tertiary/aromatic N) is 1. The van der Waals surface area contributed by atoms with E-state index in [0.29, 0.717) is 31.7 Å². The van der Waals surface area contributed by atoms with Crippen molar-refractivity contribution in [2.45, 2.75) is 38.5 Å². The molecule has 0 N–H and O–H groups in total. The molecule has 0 unspecified atom stereocenters. The van der Waals surface area contributed by atoms with Gasteiger partial charge in [0.1, 0.15) is 0 Å². The van der Waals surface area contributed by atoms with E-state index in [0.717, 1.165) is 5.56 Å². The molecule has 1 saturated heterocycles. The van der Waals surface area contributed by atoms with Crippen molar-refractivity contribution < 1.29 is 9.53 Å². The number of rotatable bonds is 3. The molecule has 108 valence electrons. The Morgan fingerprint density at radius 3 is 2.55 bits per heavy atom. The van der Waals surface area contributed by atoms with Crippen LogP contribution in [0.15, 0.2) is 18.2 Å². The highest BCUT2D eigenvalue weighted by Gasteiger charge is 2.43. The zero-order valence-electron chi connectivity index (χ0n) is 12.4. The van der Waals surface area contributed by atoms with Gasteiger partial charge in [-0.15, -0.1) is 0 Å². The smallest absolute Gasteiger partial charge is 0.254 e. The molecule has 0 atom stereocenters. The number of carbonyl (C=O) groups is 1. The van der Waals surface area contributed by atoms with Crippen molar-refractivity contribution in [1.82, 2.24) is 4.90 Å². The summed E-state index contributed by atoms with van der Waals surface area (Å²) in [5.41, 5.74) is 3.94. The summed E-state index contributed by atoms with van der Waals surface area (Å²) in [5, 5.41) is 0. The second kappa shape index (κ2) is 5.21. The monoisotopic (exact) mass is 273 g/mol. The van der Waals surface area contributed by atoms with Crippen molar-refractivity contribution in [2.24, 2.45) is 0 Å². The topological polar surface area (TPSA) is 29.5 Å². The second-order valence-electron chi connectivity index (χ2n) is 6.07. The average Bonchev–Trinajstić information content (AvgIpc) is 3.28. The van der Waals surface area contributed by atoms with Crippen molar-refractivity contribution in [3.8, 4) is 0 Å². The molecule has 2 fully saturated rings. The molecular weight excluding hydrogens is 250 g/mol. The van der Waals surface area contributed by atoms with E-state index in [9.17, 15) is 4.79 Å². The molecule has 1 saturated carbocycles. The molecule has 1 heterocycles. The minimum Gasteiger partial charge on any atom is -0.378 e. The maximum absolute atomic E-state index is 12.5. The predicted octanol–water partition coefficient (Wildman–Crippen LogP) is 2.91. The van der Waals surface area contributed by atoms with E-state index in [-0.39, 0.29) is 5.91 Å². The lowest BCUT2D eigenvalue weighted by atomic mass is 9.88. The predicted molar refractivity (Wildman–Crippen MR) is 79.1 cm³/mol. The van der Waals surface area contributed by atoms with Crippen molar-refractivity contribution >= 4 is 5.91 Å². The first kappa shape index (κ1) is 13.6. The molecule has 1 aliphatic heterocycles. The lowest BCUT2D eigenvalue weighted by Gasteiger charge is -2.27. The van der Waals surface area contributed by atoms with Gasteiger partial charge in [0.2, 0.25) is 0 Å². The van der Waals surface area contributed by atoms with Crippen molar-refractivity contribution in [3.63, 3.8) is 0 Å². The van der Waals surface area contributed by atoms with E-state index in [4.69, 9.17) is 4.74 Å². The molecule has 0 spiro atoms. The van der Waals surface area contributed by atoms with Gasteiger partial charge in [0, 0.05) is 18.7 Å². The summed E-state index contributed by atoms with van der Waals surface area (Å²) in [6, 6.07) is 6.26. The molecule has 1 aliphatic carbocycles. The fraction of sp³-hybridized carbons (Fsp3) is 0.588. The number of amides is 1. The van der Waals surface area contributed by atoms with Crippen LogP contribution in [0.2, 0.25) is 0 Å². The van der Waals surface area contributed by atoms with Crippen LogP contribution in [0.1, 0.15) is 47.7 Å². The van der Waals surface area contributed by atoms with Crippen LogP contribution >= 0.6 is 0 Å². The summed E-state index contributed by atoms with van der Waals surface area (Å²) < 4.78 is 5.30. The molecule has 0 aromatic heterocycles. The van der Waals surface area contributed by atoms with Gasteiger partial charge in [-0.25, -0.2) is 0 Å². The number of hydrogen-bond acceptors (Lipinski definition) is 2. The van der Waals surface area contributed by atoms with Gasteiger partial charge < -0.3 is 9.64 Å². The van der Waals surface area contributed by atoms with Crippen molar-refractivity contribution in [1.29, 1.82) is 0 Å². The zero-order chi connectivity index (χ0) is 14.2. The number of carbonyl (C=O) groups excluding carboxylic acids is 1. The number of morpholine rings is 1. The maximum atomic E-state index is 12.5. The average molecular weight is 273 g/mol. The second-order valence-corrected chi connectivity index (χ2v) is 6.07. The quantitative estimate of drug-likeness (QED) is 0.847. The standard InChI is InChI=1S/C17H23NO2/c1-3-17(6-7-17)15-5-4-14(12-13(15)2)16(19)18-8-10-20-11-9-18/h4-5,12H,3,6-11H2,1-2H3. The summed E-state index contributed by atoms with van der Waals surface area (Å²) in [4.78, 5) is 14.4. The number of aryl methyl sites for hydroxylation is 1. The van der Waals surface area contributed by atoms with E-state index in [1.807, 2.05) is 11.0 Å². The molecule has 3 nitrogen and oxygen atoms in total. The first-order valence-electron chi connectivity index (χ1n) is 7.64. The van der Waals surface area contributed by atoms with E-state index in [1.54, 1.807) is 0 Å². The highest BCUT2D eigenvalue weighted by Crippen LogP contribution is 2.51. The van der Waals surface area contributed by atoms with Gasteiger partial charge in [-0.2, -0.15) is 0 Å². The van der Waals surface area contributed by atoms with Crippen LogP contribution in [0.5, 0.6) is 0 Å². The summed E-state index contributed by atoms with van der Waals surface area (Å²) in [7, 11) is 0. The van der Waals surface area contributed by atoms with E-state index >= 15 is 0 Å². The molecule has 3 rings (SSSR count). The molecular formula is C17H23NO2. The summed E-state index contributed by atoms with van der Waals surface area (Å²) in [5.74, 6) is 0.143. The van der Waals surface area contributed by atoms with Crippen LogP contribution in [-0.2, 0) is 10.2 Å². The Bertz CT molecular complexity index is 514. The largest absolute Gasteiger partial charge is 0.378 e. The molecule has 0 bridgehead atoms. The van der Waals surface area contributed by atoms with Crippen molar-refractivity contribution in [2.75, 3.05) is 26.3 Å². The summed E-state index contributed by atoms with van der Waals surface area (Å²) in [6.07, 6.45) is 3.78.